The van der Waals surface area contributed by atoms with Crippen LogP contribution in [0.25, 0.3) is 22.6 Å². The van der Waals surface area contributed by atoms with Gasteiger partial charge in [0.15, 0.2) is 22.8 Å². The Morgan fingerprint density at radius 3 is 2.71 bits per heavy atom. The second kappa shape index (κ2) is 8.99. The van der Waals surface area contributed by atoms with Crippen LogP contribution >= 0.6 is 0 Å². The predicted octanol–water partition coefficient (Wildman–Crippen LogP) is 1.99. The van der Waals surface area contributed by atoms with Crippen molar-refractivity contribution in [2.24, 2.45) is 0 Å². The number of piperidine rings is 1. The van der Waals surface area contributed by atoms with Crippen LogP contribution in [0.1, 0.15) is 24.6 Å². The molecule has 4 aromatic rings. The van der Waals surface area contributed by atoms with E-state index in [1.807, 2.05) is 16.9 Å². The summed E-state index contributed by atoms with van der Waals surface area (Å²) in [7, 11) is 0. The quantitative estimate of drug-likeness (QED) is 0.459. The van der Waals surface area contributed by atoms with Gasteiger partial charge in [0, 0.05) is 56.4 Å². The van der Waals surface area contributed by atoms with Crippen LogP contribution in [0.2, 0.25) is 0 Å². The summed E-state index contributed by atoms with van der Waals surface area (Å²) in [5.41, 5.74) is 3.31. The van der Waals surface area contributed by atoms with E-state index in [0.717, 1.165) is 57.0 Å². The van der Waals surface area contributed by atoms with Gasteiger partial charge in [-0.3, -0.25) is 9.88 Å². The topological polar surface area (TPSA) is 121 Å². The largest absolute Gasteiger partial charge is 0.506 e. The first kappa shape index (κ1) is 21.0. The van der Waals surface area contributed by atoms with Gasteiger partial charge in [0.2, 0.25) is 0 Å². The molecule has 2 aliphatic rings. The van der Waals surface area contributed by atoms with Gasteiger partial charge in [-0.2, -0.15) is 0 Å². The zero-order valence-electron chi connectivity index (χ0n) is 18.8. The van der Waals surface area contributed by atoms with Gasteiger partial charge in [0.25, 0.3) is 0 Å². The zero-order valence-corrected chi connectivity index (χ0v) is 18.8. The first-order chi connectivity index (χ1) is 16.7. The lowest BCUT2D eigenvalue weighted by molar-refractivity contribution is 0.122. The molecule has 0 radical (unpaired) electrons. The smallest absolute Gasteiger partial charge is 0.184 e. The van der Waals surface area contributed by atoms with Gasteiger partial charge in [-0.25, -0.2) is 14.6 Å². The molecule has 2 aliphatic heterocycles. The van der Waals surface area contributed by atoms with Gasteiger partial charge in [-0.05, 0) is 31.0 Å². The fourth-order valence-corrected chi connectivity index (χ4v) is 4.77. The Kier molecular flexibility index (Phi) is 5.55. The lowest BCUT2D eigenvalue weighted by Gasteiger charge is -2.31. The Morgan fingerprint density at radius 2 is 1.94 bits per heavy atom. The van der Waals surface area contributed by atoms with Crippen molar-refractivity contribution in [3.05, 3.63) is 42.5 Å². The third kappa shape index (κ3) is 4.08. The first-order valence-electron chi connectivity index (χ1n) is 11.7. The van der Waals surface area contributed by atoms with Gasteiger partial charge in [-0.15, -0.1) is 5.10 Å². The number of hydrogen-bond acceptors (Lipinski definition) is 9. The van der Waals surface area contributed by atoms with E-state index in [0.29, 0.717) is 30.1 Å². The highest BCUT2D eigenvalue weighted by molar-refractivity contribution is 5.85. The average molecular weight is 462 g/mol. The molecule has 176 valence electrons. The lowest BCUT2D eigenvalue weighted by Crippen LogP contribution is -2.37. The Bertz CT molecular complexity index is 1260. The number of rotatable bonds is 5. The summed E-state index contributed by atoms with van der Waals surface area (Å²) in [6.45, 7) is 5.63. The number of nitrogens with zero attached hydrogens (tertiary/aromatic N) is 8. The summed E-state index contributed by atoms with van der Waals surface area (Å²) >= 11 is 0. The van der Waals surface area contributed by atoms with E-state index < -0.39 is 0 Å². The maximum Gasteiger partial charge on any atom is 0.184 e. The maximum absolute atomic E-state index is 9.96. The van der Waals surface area contributed by atoms with Gasteiger partial charge < -0.3 is 19.7 Å². The minimum atomic E-state index is 0.0789. The van der Waals surface area contributed by atoms with Crippen LogP contribution in [-0.2, 0) is 11.3 Å². The molecule has 11 heteroatoms. The molecule has 2 N–H and O–H groups in total. The summed E-state index contributed by atoms with van der Waals surface area (Å²) in [6, 6.07) is 6.01. The Hall–Kier alpha value is -3.57. The molecule has 6 heterocycles. The molecule has 0 saturated carbocycles. The molecule has 2 saturated heterocycles. The molecule has 2 fully saturated rings. The number of fused-ring (bicyclic) bond motifs is 1. The Balaban J connectivity index is 1.33. The number of aromatic amines is 1. The van der Waals surface area contributed by atoms with Gasteiger partial charge in [0.1, 0.15) is 5.75 Å². The summed E-state index contributed by atoms with van der Waals surface area (Å²) in [4.78, 5) is 21.7. The summed E-state index contributed by atoms with van der Waals surface area (Å²) in [6.07, 6.45) is 6.97. The molecule has 11 nitrogen and oxygen atoms in total. The zero-order chi connectivity index (χ0) is 22.9. The third-order valence-corrected chi connectivity index (χ3v) is 6.56. The van der Waals surface area contributed by atoms with Crippen molar-refractivity contribution in [3.63, 3.8) is 0 Å². The molecule has 0 aromatic carbocycles. The molecule has 0 spiro atoms. The van der Waals surface area contributed by atoms with Crippen LogP contribution < -0.4 is 4.90 Å². The summed E-state index contributed by atoms with van der Waals surface area (Å²) in [5, 5.41) is 19.0. The fourth-order valence-electron chi connectivity index (χ4n) is 4.77. The summed E-state index contributed by atoms with van der Waals surface area (Å²) < 4.78 is 7.50. The van der Waals surface area contributed by atoms with Crippen molar-refractivity contribution >= 4 is 17.0 Å². The number of nitrogens with one attached hydrogen (secondary N) is 1. The molecule has 0 amide bonds. The molecule has 4 aromatic heterocycles. The molecule has 0 unspecified atom stereocenters. The van der Waals surface area contributed by atoms with Crippen molar-refractivity contribution in [2.45, 2.75) is 25.4 Å². The minimum absolute atomic E-state index is 0.0789. The molecule has 0 aliphatic carbocycles. The summed E-state index contributed by atoms with van der Waals surface area (Å²) in [5.74, 6) is 1.34. The second-order valence-corrected chi connectivity index (χ2v) is 8.81. The van der Waals surface area contributed by atoms with Crippen molar-refractivity contribution < 1.29 is 9.84 Å². The van der Waals surface area contributed by atoms with E-state index in [4.69, 9.17) is 14.7 Å². The number of aromatic hydroxyl groups is 1. The standard InChI is InChI=1S/C23H27N9O2/c33-19-12-16(13-24-14-19)21-26-22(31-8-10-34-11-9-31)20-23(27-21)32(29-28-20)18-3-6-30(7-4-18)15-17-2-1-5-25-17/h1-2,5,12-14,18,25,33H,3-4,6-11,15H2. The van der Waals surface area contributed by atoms with Gasteiger partial charge in [0.05, 0.1) is 25.5 Å². The van der Waals surface area contributed by atoms with E-state index in [1.54, 1.807) is 12.3 Å². The number of morpholine rings is 1. The molecule has 34 heavy (non-hydrogen) atoms. The number of anilines is 1. The Labute approximate surface area is 196 Å². The number of aromatic nitrogens is 7. The number of pyridine rings is 1. The van der Waals surface area contributed by atoms with E-state index in [-0.39, 0.29) is 11.8 Å². The van der Waals surface area contributed by atoms with Crippen molar-refractivity contribution in [1.29, 1.82) is 0 Å². The normalized spacial score (nSPS) is 18.1. The molecular weight excluding hydrogens is 434 g/mol. The number of H-pyrrole nitrogens is 1. The molecule has 0 atom stereocenters. The monoisotopic (exact) mass is 461 g/mol. The molecule has 0 bridgehead atoms. The maximum atomic E-state index is 9.96. The lowest BCUT2D eigenvalue weighted by atomic mass is 10.1. The van der Waals surface area contributed by atoms with Crippen LogP contribution in [0.4, 0.5) is 5.82 Å². The number of likely N-dealkylation sites (tertiary alicyclic amines) is 1. The minimum Gasteiger partial charge on any atom is -0.506 e. The van der Waals surface area contributed by atoms with Crippen molar-refractivity contribution in [2.75, 3.05) is 44.3 Å². The molecule has 6 rings (SSSR count). The predicted molar refractivity (Wildman–Crippen MR) is 125 cm³/mol. The Morgan fingerprint density at radius 1 is 1.09 bits per heavy atom. The average Bonchev–Trinajstić information content (AvgIpc) is 3.55. The highest BCUT2D eigenvalue weighted by Crippen LogP contribution is 2.31. The van der Waals surface area contributed by atoms with Gasteiger partial charge >= 0.3 is 0 Å². The van der Waals surface area contributed by atoms with Crippen LogP contribution in [0.15, 0.2) is 36.8 Å². The SMILES string of the molecule is Oc1cncc(-c2nc(N3CCOCC3)c3nnn(C4CCN(Cc5ccc[nH]5)CC4)c3n2)c1. The number of ether oxygens (including phenoxy) is 1. The first-order valence-corrected chi connectivity index (χ1v) is 11.7. The second-order valence-electron chi connectivity index (χ2n) is 8.81. The van der Waals surface area contributed by atoms with Crippen LogP contribution in [0.5, 0.6) is 5.75 Å². The van der Waals surface area contributed by atoms with Crippen LogP contribution in [-0.4, -0.2) is 84.3 Å². The van der Waals surface area contributed by atoms with Crippen LogP contribution in [0.3, 0.4) is 0 Å². The van der Waals surface area contributed by atoms with Gasteiger partial charge in [-0.1, -0.05) is 5.21 Å². The van der Waals surface area contributed by atoms with E-state index in [2.05, 4.69) is 36.1 Å². The van der Waals surface area contributed by atoms with Crippen molar-refractivity contribution in [3.8, 4) is 17.1 Å². The van der Waals surface area contributed by atoms with Crippen LogP contribution in [0, 0.1) is 0 Å². The van der Waals surface area contributed by atoms with Crippen molar-refractivity contribution in [1.82, 2.24) is 39.8 Å². The molecular formula is C23H27N9O2. The fraction of sp³-hybridized carbons (Fsp3) is 0.435. The highest BCUT2D eigenvalue weighted by atomic mass is 16.5. The highest BCUT2D eigenvalue weighted by Gasteiger charge is 2.27. The van der Waals surface area contributed by atoms with E-state index >= 15 is 0 Å². The van der Waals surface area contributed by atoms with E-state index in [1.165, 1.54) is 11.9 Å². The van der Waals surface area contributed by atoms with E-state index in [9.17, 15) is 5.11 Å². The third-order valence-electron chi connectivity index (χ3n) is 6.56. The number of hydrogen-bond donors (Lipinski definition) is 2.